The molecule has 1 aromatic carbocycles. The van der Waals surface area contributed by atoms with E-state index in [1.807, 2.05) is 17.0 Å². The van der Waals surface area contributed by atoms with Crippen molar-refractivity contribution >= 4 is 21.6 Å². The molecule has 3 heterocycles. The molecule has 0 radical (unpaired) electrons. The van der Waals surface area contributed by atoms with E-state index in [9.17, 15) is 13.2 Å². The van der Waals surface area contributed by atoms with Crippen LogP contribution in [0.2, 0.25) is 0 Å². The molecule has 0 atom stereocenters. The van der Waals surface area contributed by atoms with E-state index >= 15 is 0 Å². The zero-order valence-electron chi connectivity index (χ0n) is 20.1. The molecule has 180 valence electrons. The largest absolute Gasteiger partial charge is 0.384 e. The molecule has 2 aromatic rings. The molecule has 0 N–H and O–H groups in total. The number of hydrogen-bond acceptors (Lipinski definition) is 6. The molecule has 2 aliphatic heterocycles. The van der Waals surface area contributed by atoms with E-state index in [0.29, 0.717) is 50.5 Å². The van der Waals surface area contributed by atoms with Crippen LogP contribution in [0, 0.1) is 19.3 Å². The van der Waals surface area contributed by atoms with Crippen LogP contribution in [0.5, 0.6) is 0 Å². The summed E-state index contributed by atoms with van der Waals surface area (Å²) in [4.78, 5) is 15.5. The number of sulfonamides is 1. The highest BCUT2D eigenvalue weighted by atomic mass is 32.2. The normalized spacial score (nSPS) is 19.5. The van der Waals surface area contributed by atoms with E-state index in [1.54, 1.807) is 21.0 Å². The van der Waals surface area contributed by atoms with Gasteiger partial charge in [-0.15, -0.1) is 0 Å². The van der Waals surface area contributed by atoms with Gasteiger partial charge in [-0.2, -0.15) is 4.31 Å². The lowest BCUT2D eigenvalue weighted by Crippen LogP contribution is -2.46. The molecule has 2 aliphatic rings. The van der Waals surface area contributed by atoms with Gasteiger partial charge >= 0.3 is 0 Å². The number of rotatable bonds is 6. The molecule has 0 saturated carbocycles. The third-order valence-corrected chi connectivity index (χ3v) is 9.37. The zero-order chi connectivity index (χ0) is 24.0. The predicted molar refractivity (Wildman–Crippen MR) is 125 cm³/mol. The van der Waals surface area contributed by atoms with E-state index in [0.717, 1.165) is 17.7 Å². The number of ether oxygens (including phenoxy) is 1. The Hall–Kier alpha value is -2.23. The second-order valence-electron chi connectivity index (χ2n) is 9.91. The standard InChI is InChI=1S/C24H33N3O5S/c1-17-21(18(2)32-25-17)33(29,30)26-13-10-24(11-14-26)12-15-27(22(24)28)20-8-6-19(7-9-20)23(3,4)16-31-5/h6-9H,10-16H2,1-5H3. The van der Waals surface area contributed by atoms with Gasteiger partial charge in [0.1, 0.15) is 10.6 Å². The van der Waals surface area contributed by atoms with E-state index < -0.39 is 15.4 Å². The molecule has 1 spiro atoms. The molecule has 9 heteroatoms. The van der Waals surface area contributed by atoms with Crippen LogP contribution in [0.4, 0.5) is 5.69 Å². The lowest BCUT2D eigenvalue weighted by Gasteiger charge is -2.37. The van der Waals surface area contributed by atoms with Crippen LogP contribution < -0.4 is 4.90 Å². The third-order valence-electron chi connectivity index (χ3n) is 7.22. The van der Waals surface area contributed by atoms with E-state index in [4.69, 9.17) is 9.26 Å². The molecule has 2 fully saturated rings. The van der Waals surface area contributed by atoms with Crippen LogP contribution in [0.3, 0.4) is 0 Å². The molecular formula is C24H33N3O5S. The van der Waals surface area contributed by atoms with E-state index in [1.165, 1.54) is 4.31 Å². The first-order chi connectivity index (χ1) is 15.5. The number of nitrogens with zero attached hydrogens (tertiary/aromatic N) is 3. The van der Waals surface area contributed by atoms with Crippen LogP contribution in [-0.4, -0.2) is 57.1 Å². The number of aryl methyl sites for hydroxylation is 2. The average molecular weight is 476 g/mol. The number of methoxy groups -OCH3 is 1. The second kappa shape index (κ2) is 8.52. The highest BCUT2D eigenvalue weighted by Gasteiger charge is 2.50. The molecule has 33 heavy (non-hydrogen) atoms. The Labute approximate surface area is 195 Å². The predicted octanol–water partition coefficient (Wildman–Crippen LogP) is 3.42. The summed E-state index contributed by atoms with van der Waals surface area (Å²) in [6.07, 6.45) is 1.77. The number of anilines is 1. The Bertz CT molecular complexity index is 1110. The number of benzene rings is 1. The summed E-state index contributed by atoms with van der Waals surface area (Å²) < 4.78 is 38.1. The van der Waals surface area contributed by atoms with Crippen molar-refractivity contribution in [3.05, 3.63) is 41.3 Å². The SMILES string of the molecule is COCC(C)(C)c1ccc(N2CCC3(CCN(S(=O)(=O)c4c(C)noc4C)CC3)C2=O)cc1. The molecule has 1 amide bonds. The Balaban J connectivity index is 1.47. The van der Waals surface area contributed by atoms with Gasteiger partial charge in [0.25, 0.3) is 0 Å². The Morgan fingerprint density at radius 2 is 1.70 bits per heavy atom. The minimum absolute atomic E-state index is 0.0980. The van der Waals surface area contributed by atoms with Gasteiger partial charge in [-0.1, -0.05) is 31.1 Å². The summed E-state index contributed by atoms with van der Waals surface area (Å²) >= 11 is 0. The van der Waals surface area contributed by atoms with Crippen LogP contribution in [-0.2, 0) is 25.0 Å². The monoisotopic (exact) mass is 475 g/mol. The van der Waals surface area contributed by atoms with Crippen molar-refractivity contribution in [1.29, 1.82) is 0 Å². The molecule has 2 saturated heterocycles. The Morgan fingerprint density at radius 1 is 1.09 bits per heavy atom. The van der Waals surface area contributed by atoms with Crippen molar-refractivity contribution in [2.45, 2.75) is 57.3 Å². The van der Waals surface area contributed by atoms with Crippen molar-refractivity contribution < 1.29 is 22.5 Å². The first-order valence-corrected chi connectivity index (χ1v) is 12.8. The number of carbonyl (C=O) groups excluding carboxylic acids is 1. The minimum Gasteiger partial charge on any atom is -0.384 e. The molecular weight excluding hydrogens is 442 g/mol. The fourth-order valence-corrected chi connectivity index (χ4v) is 6.93. The van der Waals surface area contributed by atoms with Crippen molar-refractivity contribution in [3.8, 4) is 0 Å². The summed E-state index contributed by atoms with van der Waals surface area (Å²) in [5, 5.41) is 3.79. The minimum atomic E-state index is -3.69. The summed E-state index contributed by atoms with van der Waals surface area (Å²) in [7, 11) is -1.99. The molecule has 0 aliphatic carbocycles. The van der Waals surface area contributed by atoms with E-state index in [2.05, 4.69) is 31.1 Å². The summed E-state index contributed by atoms with van der Waals surface area (Å²) in [6.45, 7) is 9.40. The topological polar surface area (TPSA) is 92.9 Å². The van der Waals surface area contributed by atoms with Gasteiger partial charge in [-0.3, -0.25) is 4.79 Å². The maximum absolute atomic E-state index is 13.5. The van der Waals surface area contributed by atoms with Gasteiger partial charge in [-0.05, 0) is 50.8 Å². The number of amides is 1. The molecule has 8 nitrogen and oxygen atoms in total. The van der Waals surface area contributed by atoms with Crippen LogP contribution in [0.1, 0.15) is 50.1 Å². The lowest BCUT2D eigenvalue weighted by atomic mass is 9.77. The van der Waals surface area contributed by atoms with Crippen molar-refractivity contribution in [1.82, 2.24) is 9.46 Å². The van der Waals surface area contributed by atoms with Gasteiger partial charge in [0.2, 0.25) is 15.9 Å². The summed E-state index contributed by atoms with van der Waals surface area (Å²) in [5.74, 6) is 0.397. The maximum atomic E-state index is 13.5. The van der Waals surface area contributed by atoms with Crippen molar-refractivity contribution in [3.63, 3.8) is 0 Å². The van der Waals surface area contributed by atoms with Crippen LogP contribution in [0.15, 0.2) is 33.7 Å². The average Bonchev–Trinajstić information content (AvgIpc) is 3.28. The second-order valence-corrected chi connectivity index (χ2v) is 11.8. The lowest BCUT2D eigenvalue weighted by molar-refractivity contribution is -0.127. The van der Waals surface area contributed by atoms with Gasteiger partial charge in [0.15, 0.2) is 5.76 Å². The van der Waals surface area contributed by atoms with Crippen molar-refractivity contribution in [2.75, 3.05) is 38.3 Å². The Kier molecular flexibility index (Phi) is 6.18. The highest BCUT2D eigenvalue weighted by Crippen LogP contribution is 2.44. The quantitative estimate of drug-likeness (QED) is 0.636. The smallest absolute Gasteiger partial charge is 0.248 e. The summed E-state index contributed by atoms with van der Waals surface area (Å²) in [6, 6.07) is 8.12. The van der Waals surface area contributed by atoms with Crippen molar-refractivity contribution in [2.24, 2.45) is 5.41 Å². The van der Waals surface area contributed by atoms with Gasteiger partial charge in [0, 0.05) is 37.8 Å². The van der Waals surface area contributed by atoms with Gasteiger partial charge < -0.3 is 14.2 Å². The van der Waals surface area contributed by atoms with Gasteiger partial charge in [0.05, 0.1) is 12.0 Å². The molecule has 0 unspecified atom stereocenters. The zero-order valence-corrected chi connectivity index (χ0v) is 20.9. The van der Waals surface area contributed by atoms with E-state index in [-0.39, 0.29) is 16.2 Å². The number of carbonyl (C=O) groups is 1. The fourth-order valence-electron chi connectivity index (χ4n) is 5.19. The molecule has 0 bridgehead atoms. The summed E-state index contributed by atoms with van der Waals surface area (Å²) in [5.41, 5.74) is 1.81. The van der Waals surface area contributed by atoms with Crippen LogP contribution in [0.25, 0.3) is 0 Å². The number of aromatic nitrogens is 1. The highest BCUT2D eigenvalue weighted by molar-refractivity contribution is 7.89. The third kappa shape index (κ3) is 4.11. The fraction of sp³-hybridized carbons (Fsp3) is 0.583. The van der Waals surface area contributed by atoms with Crippen LogP contribution >= 0.6 is 0 Å². The Morgan fingerprint density at radius 3 is 2.24 bits per heavy atom. The first-order valence-electron chi connectivity index (χ1n) is 11.4. The maximum Gasteiger partial charge on any atom is 0.248 e. The van der Waals surface area contributed by atoms with Gasteiger partial charge in [-0.25, -0.2) is 8.42 Å². The molecule has 4 rings (SSSR count). The number of hydrogen-bond donors (Lipinski definition) is 0. The number of piperidine rings is 1. The first kappa shape index (κ1) is 23.9. The molecule has 1 aromatic heterocycles.